The van der Waals surface area contributed by atoms with E-state index in [-0.39, 0.29) is 23.3 Å². The number of carbonyl (C=O) groups excluding carboxylic acids is 2. The molecule has 8 rings (SSSR count). The Balaban J connectivity index is 1.03. The van der Waals surface area contributed by atoms with Crippen LogP contribution in [0.25, 0.3) is 22.4 Å². The zero-order chi connectivity index (χ0) is 25.7. The Hall–Kier alpha value is -3.15. The van der Waals surface area contributed by atoms with E-state index in [1.807, 2.05) is 42.5 Å². The summed E-state index contributed by atoms with van der Waals surface area (Å²) >= 11 is 0. The van der Waals surface area contributed by atoms with E-state index < -0.39 is 0 Å². The number of rotatable bonds is 5. The molecule has 0 spiro atoms. The maximum Gasteiger partial charge on any atom is 0.251 e. The van der Waals surface area contributed by atoms with Crippen molar-refractivity contribution < 1.29 is 9.59 Å². The molecule has 5 aliphatic carbocycles. The summed E-state index contributed by atoms with van der Waals surface area (Å²) in [4.78, 5) is 34.4. The quantitative estimate of drug-likeness (QED) is 0.329. The molecule has 2 amide bonds. The summed E-state index contributed by atoms with van der Waals surface area (Å²) in [7, 11) is 0. The smallest absolute Gasteiger partial charge is 0.251 e. The largest absolute Gasteiger partial charge is 0.349 e. The van der Waals surface area contributed by atoms with Crippen LogP contribution in [0, 0.1) is 23.2 Å². The van der Waals surface area contributed by atoms with Gasteiger partial charge in [-0.15, -0.1) is 0 Å². The number of amides is 2. The van der Waals surface area contributed by atoms with Crippen LogP contribution in [0.3, 0.4) is 0 Å². The van der Waals surface area contributed by atoms with Crippen LogP contribution in [-0.4, -0.2) is 27.8 Å². The van der Waals surface area contributed by atoms with Gasteiger partial charge in [-0.1, -0.05) is 25.7 Å². The SMILES string of the molecule is O=C(NC1CCCCCC1)c1ccc2nc(-c3ccc(NC(=O)C45CC6CC(CC(C6)C4)C5)cc3)[nH]c2c1. The van der Waals surface area contributed by atoms with Crippen LogP contribution in [0.15, 0.2) is 42.5 Å². The summed E-state index contributed by atoms with van der Waals surface area (Å²) in [5, 5.41) is 6.48. The lowest BCUT2D eigenvalue weighted by atomic mass is 9.49. The summed E-state index contributed by atoms with van der Waals surface area (Å²) in [5.41, 5.74) is 4.02. The third kappa shape index (κ3) is 4.52. The van der Waals surface area contributed by atoms with Gasteiger partial charge in [-0.3, -0.25) is 9.59 Å². The fourth-order valence-electron chi connectivity index (χ4n) is 8.34. The summed E-state index contributed by atoms with van der Waals surface area (Å²) in [6, 6.07) is 13.9. The van der Waals surface area contributed by atoms with Crippen LogP contribution in [0.4, 0.5) is 5.69 Å². The van der Waals surface area contributed by atoms with E-state index in [1.54, 1.807) is 0 Å². The Labute approximate surface area is 224 Å². The minimum atomic E-state index is -0.146. The van der Waals surface area contributed by atoms with Crippen molar-refractivity contribution in [3.63, 3.8) is 0 Å². The van der Waals surface area contributed by atoms with Crippen LogP contribution in [0.5, 0.6) is 0 Å². The van der Waals surface area contributed by atoms with E-state index in [1.165, 1.54) is 44.9 Å². The number of aromatic nitrogens is 2. The third-order valence-corrected chi connectivity index (χ3v) is 9.87. The molecule has 1 aromatic heterocycles. The number of nitrogens with zero attached hydrogens (tertiary/aromatic N) is 1. The lowest BCUT2D eigenvalue weighted by molar-refractivity contribution is -0.140. The van der Waals surface area contributed by atoms with Crippen LogP contribution in [0.2, 0.25) is 0 Å². The van der Waals surface area contributed by atoms with Crippen molar-refractivity contribution >= 4 is 28.5 Å². The summed E-state index contributed by atoms with van der Waals surface area (Å²) in [6.07, 6.45) is 14.3. The Bertz CT molecular complexity index is 1310. The first-order valence-electron chi connectivity index (χ1n) is 14.8. The second-order valence-corrected chi connectivity index (χ2v) is 12.7. The molecule has 0 saturated heterocycles. The Morgan fingerprint density at radius 2 is 1.50 bits per heavy atom. The first-order chi connectivity index (χ1) is 18.5. The van der Waals surface area contributed by atoms with Crippen molar-refractivity contribution in [2.45, 2.75) is 83.1 Å². The number of carbonyl (C=O) groups is 2. The van der Waals surface area contributed by atoms with Crippen molar-refractivity contribution in [1.82, 2.24) is 15.3 Å². The zero-order valence-electron chi connectivity index (χ0n) is 22.1. The van der Waals surface area contributed by atoms with Gasteiger partial charge in [-0.25, -0.2) is 4.98 Å². The van der Waals surface area contributed by atoms with Gasteiger partial charge in [-0.2, -0.15) is 0 Å². The number of hydrogen-bond acceptors (Lipinski definition) is 3. The van der Waals surface area contributed by atoms with Crippen LogP contribution in [-0.2, 0) is 4.79 Å². The molecule has 0 atom stereocenters. The molecule has 1 heterocycles. The fraction of sp³-hybridized carbons (Fsp3) is 0.531. The van der Waals surface area contributed by atoms with Gasteiger partial charge >= 0.3 is 0 Å². The van der Waals surface area contributed by atoms with Gasteiger partial charge in [0.2, 0.25) is 5.91 Å². The van der Waals surface area contributed by atoms with Crippen molar-refractivity contribution in [3.8, 4) is 11.4 Å². The molecule has 5 saturated carbocycles. The molecular formula is C32H38N4O2. The Morgan fingerprint density at radius 3 is 2.16 bits per heavy atom. The molecule has 6 nitrogen and oxygen atoms in total. The number of H-pyrrole nitrogens is 1. The van der Waals surface area contributed by atoms with Gasteiger partial charge in [0, 0.05) is 22.9 Å². The van der Waals surface area contributed by atoms with Crippen LogP contribution in [0.1, 0.15) is 87.4 Å². The Morgan fingerprint density at radius 1 is 0.842 bits per heavy atom. The van der Waals surface area contributed by atoms with Gasteiger partial charge in [0.15, 0.2) is 0 Å². The second-order valence-electron chi connectivity index (χ2n) is 12.7. The lowest BCUT2D eigenvalue weighted by Gasteiger charge is -2.55. The van der Waals surface area contributed by atoms with Crippen LogP contribution >= 0.6 is 0 Å². The standard InChI is InChI=1S/C32H38N4O2/c37-30(33-25-5-3-1-2-4-6-25)24-9-12-27-28(16-24)36-29(35-27)23-7-10-26(11-8-23)34-31(38)32-17-20-13-21(18-32)15-22(14-20)19-32/h7-12,16,20-22,25H,1-6,13-15,17-19H2,(H,33,37)(H,34,38)(H,35,36). The zero-order valence-corrected chi connectivity index (χ0v) is 22.1. The van der Waals surface area contributed by atoms with E-state index >= 15 is 0 Å². The van der Waals surface area contributed by atoms with E-state index in [0.29, 0.717) is 5.56 Å². The summed E-state index contributed by atoms with van der Waals surface area (Å²) < 4.78 is 0. The van der Waals surface area contributed by atoms with Gasteiger partial charge in [0.05, 0.1) is 16.4 Å². The van der Waals surface area contributed by atoms with Gasteiger partial charge in [0.25, 0.3) is 5.91 Å². The molecule has 198 valence electrons. The molecule has 6 heteroatoms. The van der Waals surface area contributed by atoms with Crippen molar-refractivity contribution in [2.75, 3.05) is 5.32 Å². The van der Waals surface area contributed by atoms with Gasteiger partial charge in [-0.05, 0) is 112 Å². The monoisotopic (exact) mass is 510 g/mol. The number of imidazole rings is 1. The minimum Gasteiger partial charge on any atom is -0.349 e. The molecule has 3 N–H and O–H groups in total. The molecule has 5 aliphatic rings. The number of aromatic amines is 1. The molecular weight excluding hydrogens is 472 g/mol. The first-order valence-corrected chi connectivity index (χ1v) is 14.8. The maximum absolute atomic E-state index is 13.4. The molecule has 38 heavy (non-hydrogen) atoms. The number of nitrogens with one attached hydrogen (secondary N) is 3. The molecule has 3 aromatic rings. The van der Waals surface area contributed by atoms with E-state index in [9.17, 15) is 9.59 Å². The normalized spacial score (nSPS) is 28.8. The Kier molecular flexibility index (Phi) is 6.01. The highest BCUT2D eigenvalue weighted by Gasteiger charge is 2.54. The predicted molar refractivity (Wildman–Crippen MR) is 150 cm³/mol. The number of fused-ring (bicyclic) bond motifs is 1. The van der Waals surface area contributed by atoms with Crippen molar-refractivity contribution in [3.05, 3.63) is 48.0 Å². The molecule has 4 bridgehead atoms. The van der Waals surface area contributed by atoms with Crippen molar-refractivity contribution in [2.24, 2.45) is 23.2 Å². The molecule has 2 aromatic carbocycles. The van der Waals surface area contributed by atoms with E-state index in [0.717, 1.165) is 78.0 Å². The topological polar surface area (TPSA) is 86.9 Å². The van der Waals surface area contributed by atoms with Gasteiger partial charge in [0.1, 0.15) is 5.82 Å². The highest BCUT2D eigenvalue weighted by molar-refractivity contribution is 5.98. The lowest BCUT2D eigenvalue weighted by Crippen LogP contribution is -2.51. The fourth-order valence-corrected chi connectivity index (χ4v) is 8.34. The number of hydrogen-bond donors (Lipinski definition) is 3. The first kappa shape index (κ1) is 23.9. The maximum atomic E-state index is 13.4. The van der Waals surface area contributed by atoms with Gasteiger partial charge < -0.3 is 15.6 Å². The number of benzene rings is 2. The predicted octanol–water partition coefficient (Wildman–Crippen LogP) is 6.84. The van der Waals surface area contributed by atoms with Crippen LogP contribution < -0.4 is 10.6 Å². The average Bonchev–Trinajstić information content (AvgIpc) is 3.17. The van der Waals surface area contributed by atoms with Crippen molar-refractivity contribution in [1.29, 1.82) is 0 Å². The molecule has 5 fully saturated rings. The summed E-state index contributed by atoms with van der Waals surface area (Å²) in [6.45, 7) is 0. The second kappa shape index (κ2) is 9.55. The minimum absolute atomic E-state index is 0.00549. The molecule has 0 radical (unpaired) electrons. The highest BCUT2D eigenvalue weighted by Crippen LogP contribution is 2.60. The molecule has 0 unspecified atom stereocenters. The molecule has 0 aliphatic heterocycles. The van der Waals surface area contributed by atoms with E-state index in [2.05, 4.69) is 15.6 Å². The number of anilines is 1. The average molecular weight is 511 g/mol. The third-order valence-electron chi connectivity index (χ3n) is 9.87. The highest BCUT2D eigenvalue weighted by atomic mass is 16.2. The summed E-state index contributed by atoms with van der Waals surface area (Å²) in [5.74, 6) is 3.25. The van der Waals surface area contributed by atoms with E-state index in [4.69, 9.17) is 4.98 Å².